The first-order chi connectivity index (χ1) is 16.1. The first-order valence-electron chi connectivity index (χ1n) is 10.7. The number of carbonyl (C=O) groups is 1. The van der Waals surface area contributed by atoms with Gasteiger partial charge < -0.3 is 19.5 Å². The zero-order chi connectivity index (χ0) is 22.9. The predicted octanol–water partition coefficient (Wildman–Crippen LogP) is 3.19. The lowest BCUT2D eigenvalue weighted by Crippen LogP contribution is -2.55. The Morgan fingerprint density at radius 3 is 2.70 bits per heavy atom. The monoisotopic (exact) mass is 444 g/mol. The van der Waals surface area contributed by atoms with Crippen molar-refractivity contribution in [2.24, 2.45) is 0 Å². The van der Waals surface area contributed by atoms with Crippen molar-refractivity contribution in [1.29, 1.82) is 0 Å². The standard InChI is InChI=1S/C25H24N4O4/c1-32-21-9-4-3-8-19(21)22-20-11-17(12-26-24(20)28-27-22)15-6-5-7-16(10-15)23(33-2)25(31)29-13-18(30)14-29/h3-12,18,23,30H,13-14H2,1-2H3,(H,26,27,28). The van der Waals surface area contributed by atoms with Crippen LogP contribution in [0.5, 0.6) is 5.75 Å². The molecule has 1 saturated heterocycles. The Bertz CT molecular complexity index is 1310. The Hall–Kier alpha value is -3.75. The van der Waals surface area contributed by atoms with Crippen LogP contribution in [0.4, 0.5) is 0 Å². The molecule has 8 nitrogen and oxygen atoms in total. The number of methoxy groups -OCH3 is 2. The van der Waals surface area contributed by atoms with Crippen molar-refractivity contribution in [2.75, 3.05) is 27.3 Å². The number of β-amino-alcohol motifs (C(OH)–C–C–N with tert-alkyl or cyclic N) is 1. The zero-order valence-corrected chi connectivity index (χ0v) is 18.4. The number of hydrogen-bond acceptors (Lipinski definition) is 6. The molecule has 0 saturated carbocycles. The SMILES string of the molecule is COc1ccccc1-c1[nH]nc2ncc(-c3cccc(C(OC)C(=O)N4CC(O)C4)c3)cc12. The van der Waals surface area contributed by atoms with E-state index in [4.69, 9.17) is 9.47 Å². The van der Waals surface area contributed by atoms with Gasteiger partial charge in [0.25, 0.3) is 5.91 Å². The van der Waals surface area contributed by atoms with E-state index in [1.807, 2.05) is 54.6 Å². The maximum absolute atomic E-state index is 12.8. The van der Waals surface area contributed by atoms with Crippen LogP contribution < -0.4 is 4.74 Å². The number of hydrogen-bond donors (Lipinski definition) is 2. The van der Waals surface area contributed by atoms with Crippen LogP contribution >= 0.6 is 0 Å². The molecular weight excluding hydrogens is 420 g/mol. The van der Waals surface area contributed by atoms with Crippen LogP contribution in [-0.4, -0.2) is 64.5 Å². The third-order valence-corrected chi connectivity index (χ3v) is 5.94. The van der Waals surface area contributed by atoms with Crippen molar-refractivity contribution < 1.29 is 19.4 Å². The molecule has 1 amide bonds. The van der Waals surface area contributed by atoms with Gasteiger partial charge in [-0.05, 0) is 35.4 Å². The normalized spacial score (nSPS) is 14.8. The number of H-pyrrole nitrogens is 1. The summed E-state index contributed by atoms with van der Waals surface area (Å²) in [6, 6.07) is 17.5. The predicted molar refractivity (Wildman–Crippen MR) is 124 cm³/mol. The van der Waals surface area contributed by atoms with Gasteiger partial charge in [0.15, 0.2) is 11.8 Å². The number of nitrogens with zero attached hydrogens (tertiary/aromatic N) is 3. The average molecular weight is 444 g/mol. The van der Waals surface area contributed by atoms with Gasteiger partial charge in [-0.25, -0.2) is 4.98 Å². The lowest BCUT2D eigenvalue weighted by molar-refractivity contribution is -0.152. The summed E-state index contributed by atoms with van der Waals surface area (Å²) in [5.41, 5.74) is 4.89. The van der Waals surface area contributed by atoms with Gasteiger partial charge in [0.2, 0.25) is 0 Å². The second-order valence-electron chi connectivity index (χ2n) is 8.03. The highest BCUT2D eigenvalue weighted by Crippen LogP contribution is 2.35. The molecule has 5 rings (SSSR count). The molecule has 0 aliphatic carbocycles. The van der Waals surface area contributed by atoms with E-state index in [0.29, 0.717) is 18.7 Å². The summed E-state index contributed by atoms with van der Waals surface area (Å²) in [5, 5.41) is 17.8. The molecule has 0 radical (unpaired) electrons. The third-order valence-electron chi connectivity index (χ3n) is 5.94. The minimum Gasteiger partial charge on any atom is -0.496 e. The quantitative estimate of drug-likeness (QED) is 0.474. The summed E-state index contributed by atoms with van der Waals surface area (Å²) in [6.07, 6.45) is 0.583. The number of ether oxygens (including phenoxy) is 2. The van der Waals surface area contributed by atoms with E-state index in [0.717, 1.165) is 39.1 Å². The fourth-order valence-corrected chi connectivity index (χ4v) is 4.18. The number of likely N-dealkylation sites (tertiary alicyclic amines) is 1. The molecule has 4 aromatic rings. The van der Waals surface area contributed by atoms with Crippen LogP contribution in [0.3, 0.4) is 0 Å². The fourth-order valence-electron chi connectivity index (χ4n) is 4.18. The highest BCUT2D eigenvalue weighted by Gasteiger charge is 2.34. The number of aromatic nitrogens is 3. The second kappa shape index (κ2) is 8.65. The number of para-hydroxylation sites is 1. The molecule has 8 heteroatoms. The van der Waals surface area contributed by atoms with E-state index in [1.54, 1.807) is 18.2 Å². The van der Waals surface area contributed by atoms with Gasteiger partial charge >= 0.3 is 0 Å². The number of pyridine rings is 1. The number of aliphatic hydroxyl groups is 1. The molecule has 2 aromatic carbocycles. The van der Waals surface area contributed by atoms with Gasteiger partial charge in [-0.15, -0.1) is 0 Å². The molecule has 33 heavy (non-hydrogen) atoms. The van der Waals surface area contributed by atoms with Crippen molar-refractivity contribution >= 4 is 16.9 Å². The summed E-state index contributed by atoms with van der Waals surface area (Å²) in [5.74, 6) is 0.592. The number of rotatable bonds is 6. The summed E-state index contributed by atoms with van der Waals surface area (Å²) in [7, 11) is 3.16. The summed E-state index contributed by atoms with van der Waals surface area (Å²) >= 11 is 0. The Balaban J connectivity index is 1.51. The van der Waals surface area contributed by atoms with E-state index in [2.05, 4.69) is 15.2 Å². The van der Waals surface area contributed by atoms with Crippen LogP contribution in [0.15, 0.2) is 60.8 Å². The first-order valence-corrected chi connectivity index (χ1v) is 10.7. The number of carbonyl (C=O) groups excluding carboxylic acids is 1. The van der Waals surface area contributed by atoms with E-state index in [9.17, 15) is 9.90 Å². The van der Waals surface area contributed by atoms with Crippen molar-refractivity contribution in [1.82, 2.24) is 20.1 Å². The number of benzene rings is 2. The van der Waals surface area contributed by atoms with Gasteiger partial charge in [-0.1, -0.05) is 30.3 Å². The molecule has 2 aromatic heterocycles. The Kier molecular flexibility index (Phi) is 5.53. The number of amides is 1. The molecule has 1 atom stereocenters. The van der Waals surface area contributed by atoms with Gasteiger partial charge in [-0.3, -0.25) is 9.89 Å². The van der Waals surface area contributed by atoms with Gasteiger partial charge in [0.05, 0.1) is 18.9 Å². The summed E-state index contributed by atoms with van der Waals surface area (Å²) in [6.45, 7) is 0.677. The molecular formula is C25H24N4O4. The maximum Gasteiger partial charge on any atom is 0.256 e. The minimum atomic E-state index is -0.729. The summed E-state index contributed by atoms with van der Waals surface area (Å²) < 4.78 is 11.0. The highest BCUT2D eigenvalue weighted by atomic mass is 16.5. The smallest absolute Gasteiger partial charge is 0.256 e. The van der Waals surface area contributed by atoms with Crippen LogP contribution in [-0.2, 0) is 9.53 Å². The third kappa shape index (κ3) is 3.83. The van der Waals surface area contributed by atoms with Gasteiger partial charge in [0.1, 0.15) is 5.75 Å². The number of aliphatic hydroxyl groups excluding tert-OH is 1. The largest absolute Gasteiger partial charge is 0.496 e. The van der Waals surface area contributed by atoms with E-state index >= 15 is 0 Å². The molecule has 168 valence electrons. The van der Waals surface area contributed by atoms with Crippen molar-refractivity contribution in [2.45, 2.75) is 12.2 Å². The number of aromatic amines is 1. The van der Waals surface area contributed by atoms with Crippen LogP contribution in [0, 0.1) is 0 Å². The van der Waals surface area contributed by atoms with E-state index in [1.165, 1.54) is 7.11 Å². The van der Waals surface area contributed by atoms with E-state index < -0.39 is 12.2 Å². The first kappa shape index (κ1) is 21.1. The number of fused-ring (bicyclic) bond motifs is 1. The van der Waals surface area contributed by atoms with Crippen LogP contribution in [0.2, 0.25) is 0 Å². The van der Waals surface area contributed by atoms with Crippen molar-refractivity contribution in [3.8, 4) is 28.1 Å². The molecule has 1 aliphatic rings. The lowest BCUT2D eigenvalue weighted by atomic mass is 9.99. The Labute approximate surface area is 190 Å². The Morgan fingerprint density at radius 2 is 1.94 bits per heavy atom. The molecule has 2 N–H and O–H groups in total. The molecule has 3 heterocycles. The number of nitrogens with one attached hydrogen (secondary N) is 1. The summed E-state index contributed by atoms with van der Waals surface area (Å²) in [4.78, 5) is 18.9. The van der Waals surface area contributed by atoms with Crippen molar-refractivity contribution in [3.05, 3.63) is 66.4 Å². The topological polar surface area (TPSA) is 101 Å². The lowest BCUT2D eigenvalue weighted by Gasteiger charge is -2.37. The molecule has 1 unspecified atom stereocenters. The van der Waals surface area contributed by atoms with Gasteiger partial charge in [-0.2, -0.15) is 5.10 Å². The van der Waals surface area contributed by atoms with Gasteiger partial charge in [0, 0.05) is 42.9 Å². The molecule has 1 aliphatic heterocycles. The maximum atomic E-state index is 12.8. The second-order valence-corrected chi connectivity index (χ2v) is 8.03. The van der Waals surface area contributed by atoms with Crippen molar-refractivity contribution in [3.63, 3.8) is 0 Å². The van der Waals surface area contributed by atoms with E-state index in [-0.39, 0.29) is 5.91 Å². The molecule has 1 fully saturated rings. The average Bonchev–Trinajstić information content (AvgIpc) is 3.25. The minimum absolute atomic E-state index is 0.151. The fraction of sp³-hybridized carbons (Fsp3) is 0.240. The molecule has 0 bridgehead atoms. The molecule has 0 spiro atoms. The van der Waals surface area contributed by atoms with Crippen LogP contribution in [0.25, 0.3) is 33.4 Å². The van der Waals surface area contributed by atoms with Crippen LogP contribution in [0.1, 0.15) is 11.7 Å². The zero-order valence-electron chi connectivity index (χ0n) is 18.4. The Morgan fingerprint density at radius 1 is 1.12 bits per heavy atom. The highest BCUT2D eigenvalue weighted by molar-refractivity contribution is 5.94.